The van der Waals surface area contributed by atoms with E-state index >= 15 is 0 Å². The van der Waals surface area contributed by atoms with Crippen LogP contribution in [0.5, 0.6) is 0 Å². The number of carbonyl (C=O) groups excluding carboxylic acids is 2. The third-order valence-corrected chi connectivity index (χ3v) is 9.79. The van der Waals surface area contributed by atoms with Crippen LogP contribution in [0.4, 0.5) is 4.79 Å². The lowest BCUT2D eigenvalue weighted by Gasteiger charge is -2.47. The van der Waals surface area contributed by atoms with Crippen molar-refractivity contribution in [1.29, 1.82) is 0 Å². The van der Waals surface area contributed by atoms with Crippen LogP contribution in [-0.2, 0) is 9.53 Å². The summed E-state index contributed by atoms with van der Waals surface area (Å²) in [6.45, 7) is 11.1. The molecule has 2 aliphatic carbocycles. The third kappa shape index (κ3) is 6.19. The van der Waals surface area contributed by atoms with E-state index in [0.29, 0.717) is 43.4 Å². The Balaban J connectivity index is 1.32. The van der Waals surface area contributed by atoms with Crippen LogP contribution in [0.1, 0.15) is 84.5 Å². The molecule has 208 valence electrons. The molecule has 3 atom stereocenters. The van der Waals surface area contributed by atoms with Crippen LogP contribution in [0.25, 0.3) is 0 Å². The van der Waals surface area contributed by atoms with Crippen molar-refractivity contribution in [1.82, 2.24) is 19.6 Å². The number of urea groups is 1. The summed E-state index contributed by atoms with van der Waals surface area (Å²) in [6, 6.07) is 1.18. The second-order valence-electron chi connectivity index (χ2n) is 12.9. The first-order valence-electron chi connectivity index (χ1n) is 15.3. The van der Waals surface area contributed by atoms with E-state index in [0.717, 1.165) is 63.1 Å². The van der Waals surface area contributed by atoms with Crippen LogP contribution in [0.15, 0.2) is 11.1 Å². The molecule has 3 unspecified atom stereocenters. The number of likely N-dealkylation sites (N-methyl/N-ethyl adjacent to an activating group) is 1. The molecule has 2 saturated carbocycles. The van der Waals surface area contributed by atoms with Gasteiger partial charge in [0.15, 0.2) is 0 Å². The first kappa shape index (κ1) is 27.0. The molecule has 0 aromatic rings. The van der Waals surface area contributed by atoms with Crippen molar-refractivity contribution < 1.29 is 14.3 Å². The van der Waals surface area contributed by atoms with Gasteiger partial charge in [-0.05, 0) is 57.4 Å². The quantitative estimate of drug-likeness (QED) is 0.488. The maximum Gasteiger partial charge on any atom is 0.334 e. The Hall–Kier alpha value is -1.60. The third-order valence-electron chi connectivity index (χ3n) is 9.79. The monoisotopic (exact) mass is 514 g/mol. The summed E-state index contributed by atoms with van der Waals surface area (Å²) in [6.07, 6.45) is 12.5. The topological polar surface area (TPSA) is 56.3 Å². The lowest BCUT2D eigenvalue weighted by molar-refractivity contribution is -0.140. The Kier molecular flexibility index (Phi) is 8.80. The summed E-state index contributed by atoms with van der Waals surface area (Å²) < 4.78 is 5.76. The highest BCUT2D eigenvalue weighted by Crippen LogP contribution is 2.36. The van der Waals surface area contributed by atoms with E-state index < -0.39 is 0 Å². The standard InChI is InChI=1S/C30H50N4O3/c1-22(2)19-28-26-21-33(14-13-25(26)29(35)37-28)30(36)34(24-10-5-4-6-11-24)20-23-9-7-8-12-27(23)32-17-15-31(3)16-18-32/h22-24,27-28H,4-21H2,1-3H3. The van der Waals surface area contributed by atoms with Gasteiger partial charge in [0.1, 0.15) is 6.10 Å². The van der Waals surface area contributed by atoms with Crippen LogP contribution in [0.3, 0.4) is 0 Å². The number of nitrogens with zero attached hydrogens (tertiary/aromatic N) is 4. The lowest BCUT2D eigenvalue weighted by Crippen LogP contribution is -2.57. The molecule has 0 spiro atoms. The molecule has 5 rings (SSSR count). The van der Waals surface area contributed by atoms with Gasteiger partial charge in [-0.25, -0.2) is 9.59 Å². The predicted octanol–water partition coefficient (Wildman–Crippen LogP) is 4.52. The average Bonchev–Trinajstić information content (AvgIpc) is 3.21. The van der Waals surface area contributed by atoms with Gasteiger partial charge in [0.05, 0.1) is 0 Å². The molecule has 7 nitrogen and oxygen atoms in total. The Morgan fingerprint density at radius 2 is 1.68 bits per heavy atom. The van der Waals surface area contributed by atoms with Crippen LogP contribution in [-0.4, -0.2) is 103 Å². The maximum atomic E-state index is 14.3. The molecule has 1 saturated heterocycles. The number of amides is 2. The number of carbonyl (C=O) groups is 2. The molecule has 3 aliphatic heterocycles. The molecule has 5 aliphatic rings. The normalized spacial score (nSPS) is 30.5. The fraction of sp³-hybridized carbons (Fsp3) is 0.867. The molecule has 0 bridgehead atoms. The van der Waals surface area contributed by atoms with E-state index in [1.165, 1.54) is 44.9 Å². The largest absolute Gasteiger partial charge is 0.454 e. The SMILES string of the molecule is CC(C)CC1OC(=O)C2=C1CN(C(=O)N(CC1CCCCC1N1CCN(C)CC1)C1CCCCC1)CC2. The number of ether oxygens (including phenoxy) is 1. The second kappa shape index (κ2) is 12.1. The lowest BCUT2D eigenvalue weighted by atomic mass is 9.82. The van der Waals surface area contributed by atoms with Crippen molar-refractivity contribution in [2.45, 2.75) is 103 Å². The van der Waals surface area contributed by atoms with E-state index in [9.17, 15) is 9.59 Å². The van der Waals surface area contributed by atoms with Gasteiger partial charge in [-0.15, -0.1) is 0 Å². The predicted molar refractivity (Wildman–Crippen MR) is 146 cm³/mol. The van der Waals surface area contributed by atoms with Gasteiger partial charge in [0.2, 0.25) is 0 Å². The minimum atomic E-state index is -0.152. The van der Waals surface area contributed by atoms with Gasteiger partial charge < -0.3 is 19.4 Å². The fourth-order valence-electron chi connectivity index (χ4n) is 7.62. The number of rotatable bonds is 6. The Bertz CT molecular complexity index is 844. The van der Waals surface area contributed by atoms with Gasteiger partial charge in [-0.3, -0.25) is 4.90 Å². The minimum Gasteiger partial charge on any atom is -0.454 e. The Morgan fingerprint density at radius 3 is 2.41 bits per heavy atom. The molecule has 0 aromatic carbocycles. The molecule has 0 N–H and O–H groups in total. The zero-order chi connectivity index (χ0) is 25.9. The highest BCUT2D eigenvalue weighted by Gasteiger charge is 2.41. The first-order valence-corrected chi connectivity index (χ1v) is 15.3. The van der Waals surface area contributed by atoms with Crippen LogP contribution >= 0.6 is 0 Å². The molecular formula is C30H50N4O3. The van der Waals surface area contributed by atoms with E-state index in [2.05, 4.69) is 40.5 Å². The summed E-state index contributed by atoms with van der Waals surface area (Å²) in [5, 5.41) is 0. The van der Waals surface area contributed by atoms with Crippen molar-refractivity contribution in [3.8, 4) is 0 Å². The van der Waals surface area contributed by atoms with Crippen LogP contribution < -0.4 is 0 Å². The van der Waals surface area contributed by atoms with Crippen molar-refractivity contribution in [2.75, 3.05) is 52.9 Å². The first-order chi connectivity index (χ1) is 17.9. The van der Waals surface area contributed by atoms with E-state index in [1.807, 2.05) is 0 Å². The number of hydrogen-bond donors (Lipinski definition) is 0. The number of piperazine rings is 1. The maximum absolute atomic E-state index is 14.3. The minimum absolute atomic E-state index is 0.144. The molecule has 37 heavy (non-hydrogen) atoms. The molecule has 7 heteroatoms. The summed E-state index contributed by atoms with van der Waals surface area (Å²) in [4.78, 5) is 36.3. The van der Waals surface area contributed by atoms with Crippen LogP contribution in [0.2, 0.25) is 0 Å². The van der Waals surface area contributed by atoms with Gasteiger partial charge >= 0.3 is 12.0 Å². The zero-order valence-electron chi connectivity index (χ0n) is 23.6. The second-order valence-corrected chi connectivity index (χ2v) is 12.9. The van der Waals surface area contributed by atoms with E-state index in [1.54, 1.807) is 0 Å². The van der Waals surface area contributed by atoms with Crippen molar-refractivity contribution >= 4 is 12.0 Å². The highest BCUT2D eigenvalue weighted by molar-refractivity contribution is 5.93. The number of cyclic esters (lactones) is 1. The fourth-order valence-corrected chi connectivity index (χ4v) is 7.62. The van der Waals surface area contributed by atoms with Crippen molar-refractivity contribution in [2.24, 2.45) is 11.8 Å². The summed E-state index contributed by atoms with van der Waals surface area (Å²) in [7, 11) is 2.23. The number of hydrogen-bond acceptors (Lipinski definition) is 5. The highest BCUT2D eigenvalue weighted by atomic mass is 16.5. The zero-order valence-corrected chi connectivity index (χ0v) is 23.6. The van der Waals surface area contributed by atoms with Crippen molar-refractivity contribution in [3.05, 3.63) is 11.1 Å². The Labute approximate surface area is 224 Å². The van der Waals surface area contributed by atoms with Crippen molar-refractivity contribution in [3.63, 3.8) is 0 Å². The smallest absolute Gasteiger partial charge is 0.334 e. The summed E-state index contributed by atoms with van der Waals surface area (Å²) >= 11 is 0. The molecule has 3 fully saturated rings. The van der Waals surface area contributed by atoms with Gasteiger partial charge in [-0.2, -0.15) is 0 Å². The van der Waals surface area contributed by atoms with Crippen LogP contribution in [0, 0.1) is 11.8 Å². The number of esters is 1. The molecule has 0 radical (unpaired) electrons. The van der Waals surface area contributed by atoms with E-state index in [4.69, 9.17) is 4.74 Å². The summed E-state index contributed by atoms with van der Waals surface area (Å²) in [5.74, 6) is 0.870. The summed E-state index contributed by atoms with van der Waals surface area (Å²) in [5.41, 5.74) is 1.93. The average molecular weight is 515 g/mol. The molecular weight excluding hydrogens is 464 g/mol. The van der Waals surface area contributed by atoms with E-state index in [-0.39, 0.29) is 18.1 Å². The van der Waals surface area contributed by atoms with Gasteiger partial charge in [0.25, 0.3) is 0 Å². The Morgan fingerprint density at radius 1 is 0.973 bits per heavy atom. The van der Waals surface area contributed by atoms with Gasteiger partial charge in [0, 0.05) is 69.0 Å². The molecule has 0 aromatic heterocycles. The molecule has 3 heterocycles. The molecule has 2 amide bonds. The van der Waals surface area contributed by atoms with Gasteiger partial charge in [-0.1, -0.05) is 46.0 Å².